The predicted molar refractivity (Wildman–Crippen MR) is 162 cm³/mol. The molecule has 2 N–H and O–H groups in total. The van der Waals surface area contributed by atoms with Crippen LogP contribution in [0.25, 0.3) is 6.08 Å². The standard InChI is InChI=1S/C34H45N3O4/c1-5-24-16-12-17-26(22-24)30(31(38)35-27-18-10-7-11-19-27)37(28-20-13-21-28)32(39)29(23-25-14-8-6-9-15-25)36-33(40)41-34(2,3)4/h5-6,8-9,12,14-17,22,27-30H,1,7,10-11,13,18-21,23H2,2-4H3,(H,35,38)(H,36,40). The van der Waals surface area contributed by atoms with Gasteiger partial charge in [0.05, 0.1) is 0 Å². The van der Waals surface area contributed by atoms with Crippen LogP contribution in [0.4, 0.5) is 4.79 Å². The fraction of sp³-hybridized carbons (Fsp3) is 0.500. The van der Waals surface area contributed by atoms with Gasteiger partial charge in [-0.15, -0.1) is 0 Å². The summed E-state index contributed by atoms with van der Waals surface area (Å²) in [7, 11) is 0. The zero-order valence-electron chi connectivity index (χ0n) is 24.7. The Hall–Kier alpha value is -3.61. The number of carbonyl (C=O) groups is 3. The molecule has 2 fully saturated rings. The lowest BCUT2D eigenvalue weighted by molar-refractivity contribution is -0.147. The second kappa shape index (κ2) is 13.8. The van der Waals surface area contributed by atoms with Gasteiger partial charge in [0.25, 0.3) is 0 Å². The number of nitrogens with one attached hydrogen (secondary N) is 2. The highest BCUT2D eigenvalue weighted by atomic mass is 16.6. The molecular weight excluding hydrogens is 514 g/mol. The molecule has 2 aromatic rings. The number of rotatable bonds is 10. The molecule has 2 atom stereocenters. The van der Waals surface area contributed by atoms with Crippen molar-refractivity contribution in [3.63, 3.8) is 0 Å². The Balaban J connectivity index is 1.72. The lowest BCUT2D eigenvalue weighted by atomic mass is 9.87. The summed E-state index contributed by atoms with van der Waals surface area (Å²) in [5.41, 5.74) is 1.82. The van der Waals surface area contributed by atoms with E-state index in [0.29, 0.717) is 0 Å². The van der Waals surface area contributed by atoms with Gasteiger partial charge >= 0.3 is 6.09 Å². The third-order valence-electron chi connectivity index (χ3n) is 7.93. The predicted octanol–water partition coefficient (Wildman–Crippen LogP) is 6.34. The maximum Gasteiger partial charge on any atom is 0.408 e. The second-order valence-electron chi connectivity index (χ2n) is 12.3. The molecule has 7 nitrogen and oxygen atoms in total. The van der Waals surface area contributed by atoms with Crippen molar-refractivity contribution in [3.05, 3.63) is 77.9 Å². The fourth-order valence-corrected chi connectivity index (χ4v) is 5.68. The molecule has 7 heteroatoms. The number of alkyl carbamates (subject to hydrolysis) is 1. The van der Waals surface area contributed by atoms with Crippen molar-refractivity contribution in [2.45, 2.75) is 108 Å². The molecule has 2 aliphatic rings. The Morgan fingerprint density at radius 1 is 0.976 bits per heavy atom. The number of hydrogen-bond donors (Lipinski definition) is 2. The van der Waals surface area contributed by atoms with E-state index in [0.717, 1.165) is 61.6 Å². The van der Waals surface area contributed by atoms with E-state index in [1.165, 1.54) is 6.42 Å². The van der Waals surface area contributed by atoms with Gasteiger partial charge in [-0.2, -0.15) is 0 Å². The quantitative estimate of drug-likeness (QED) is 0.356. The van der Waals surface area contributed by atoms with E-state index < -0.39 is 23.8 Å². The summed E-state index contributed by atoms with van der Waals surface area (Å²) in [6.07, 6.45) is 9.23. The highest BCUT2D eigenvalue weighted by Gasteiger charge is 2.42. The zero-order valence-corrected chi connectivity index (χ0v) is 24.7. The number of nitrogens with zero attached hydrogens (tertiary/aromatic N) is 1. The number of amides is 3. The molecule has 0 bridgehead atoms. The maximum atomic E-state index is 14.6. The van der Waals surface area contributed by atoms with E-state index in [1.807, 2.05) is 54.6 Å². The Labute approximate surface area is 244 Å². The summed E-state index contributed by atoms with van der Waals surface area (Å²) >= 11 is 0. The lowest BCUT2D eigenvalue weighted by Gasteiger charge is -2.44. The van der Waals surface area contributed by atoms with Gasteiger partial charge in [-0.1, -0.05) is 80.4 Å². The smallest absolute Gasteiger partial charge is 0.408 e. The summed E-state index contributed by atoms with van der Waals surface area (Å²) in [6, 6.07) is 15.6. The number of benzene rings is 2. The Kier molecular flexibility index (Phi) is 10.2. The molecule has 4 rings (SSSR count). The average molecular weight is 560 g/mol. The van der Waals surface area contributed by atoms with Gasteiger partial charge in [0, 0.05) is 18.5 Å². The van der Waals surface area contributed by atoms with Crippen LogP contribution in [0.1, 0.15) is 94.9 Å². The van der Waals surface area contributed by atoms with E-state index in [4.69, 9.17) is 4.74 Å². The van der Waals surface area contributed by atoms with Crippen LogP contribution in [-0.2, 0) is 20.7 Å². The summed E-state index contributed by atoms with van der Waals surface area (Å²) in [5, 5.41) is 6.14. The number of carbonyl (C=O) groups excluding carboxylic acids is 3. The molecule has 2 aromatic carbocycles. The molecule has 0 aliphatic heterocycles. The third kappa shape index (κ3) is 8.44. The van der Waals surface area contributed by atoms with Gasteiger partial charge in [0.1, 0.15) is 17.7 Å². The molecule has 220 valence electrons. The van der Waals surface area contributed by atoms with Gasteiger partial charge in [-0.25, -0.2) is 4.79 Å². The van der Waals surface area contributed by atoms with Crippen molar-refractivity contribution < 1.29 is 19.1 Å². The van der Waals surface area contributed by atoms with Crippen LogP contribution in [0.5, 0.6) is 0 Å². The molecule has 2 unspecified atom stereocenters. The molecule has 0 saturated heterocycles. The van der Waals surface area contributed by atoms with Crippen LogP contribution in [0.2, 0.25) is 0 Å². The monoisotopic (exact) mass is 559 g/mol. The first-order valence-electron chi connectivity index (χ1n) is 15.0. The van der Waals surface area contributed by atoms with Crippen LogP contribution in [0.15, 0.2) is 61.2 Å². The summed E-state index contributed by atoms with van der Waals surface area (Å²) in [6.45, 7) is 9.28. The van der Waals surface area contributed by atoms with Gasteiger partial charge < -0.3 is 20.3 Å². The van der Waals surface area contributed by atoms with Crippen LogP contribution in [-0.4, -0.2) is 46.5 Å². The van der Waals surface area contributed by atoms with Crippen molar-refractivity contribution in [2.24, 2.45) is 0 Å². The largest absolute Gasteiger partial charge is 0.444 e. The zero-order chi connectivity index (χ0) is 29.4. The molecule has 0 heterocycles. The van der Waals surface area contributed by atoms with Gasteiger partial charge in [0.15, 0.2) is 0 Å². The van der Waals surface area contributed by atoms with Crippen LogP contribution >= 0.6 is 0 Å². The minimum atomic E-state index is -0.902. The van der Waals surface area contributed by atoms with Crippen molar-refractivity contribution >= 4 is 24.0 Å². The first kappa shape index (κ1) is 30.4. The van der Waals surface area contributed by atoms with Crippen LogP contribution in [0.3, 0.4) is 0 Å². The van der Waals surface area contributed by atoms with Crippen molar-refractivity contribution in [2.75, 3.05) is 0 Å². The molecular formula is C34H45N3O4. The Morgan fingerprint density at radius 2 is 1.68 bits per heavy atom. The van der Waals surface area contributed by atoms with Gasteiger partial charge in [0.2, 0.25) is 11.8 Å². The Bertz CT molecular complexity index is 1200. The van der Waals surface area contributed by atoms with Gasteiger partial charge in [-0.05, 0) is 75.6 Å². The van der Waals surface area contributed by atoms with E-state index in [2.05, 4.69) is 17.2 Å². The molecule has 41 heavy (non-hydrogen) atoms. The molecule has 0 aromatic heterocycles. The molecule has 3 amide bonds. The molecule has 0 spiro atoms. The lowest BCUT2D eigenvalue weighted by Crippen LogP contribution is -2.58. The minimum absolute atomic E-state index is 0.0969. The van der Waals surface area contributed by atoms with Crippen LogP contribution < -0.4 is 10.6 Å². The molecule has 2 saturated carbocycles. The second-order valence-corrected chi connectivity index (χ2v) is 12.3. The van der Waals surface area contributed by atoms with E-state index in [-0.39, 0.29) is 30.3 Å². The van der Waals surface area contributed by atoms with Crippen LogP contribution in [0, 0.1) is 0 Å². The average Bonchev–Trinajstić information content (AvgIpc) is 2.91. The maximum absolute atomic E-state index is 14.6. The first-order valence-corrected chi connectivity index (χ1v) is 15.0. The number of hydrogen-bond acceptors (Lipinski definition) is 4. The van der Waals surface area contributed by atoms with Crippen molar-refractivity contribution in [1.29, 1.82) is 0 Å². The highest BCUT2D eigenvalue weighted by Crippen LogP contribution is 2.35. The summed E-state index contributed by atoms with van der Waals surface area (Å²) in [5.74, 6) is -0.452. The summed E-state index contributed by atoms with van der Waals surface area (Å²) in [4.78, 5) is 43.5. The SMILES string of the molecule is C=Cc1cccc(C(C(=O)NC2CCCCC2)N(C(=O)C(Cc2ccccc2)NC(=O)OC(C)(C)C)C2CCC2)c1. The highest BCUT2D eigenvalue weighted by molar-refractivity contribution is 5.93. The number of ether oxygens (including phenoxy) is 1. The normalized spacial score (nSPS) is 17.4. The van der Waals surface area contributed by atoms with Crippen molar-refractivity contribution in [1.82, 2.24) is 15.5 Å². The molecule has 2 aliphatic carbocycles. The van der Waals surface area contributed by atoms with E-state index in [1.54, 1.807) is 31.7 Å². The minimum Gasteiger partial charge on any atom is -0.444 e. The summed E-state index contributed by atoms with van der Waals surface area (Å²) < 4.78 is 5.55. The third-order valence-corrected chi connectivity index (χ3v) is 7.93. The fourth-order valence-electron chi connectivity index (χ4n) is 5.68. The Morgan fingerprint density at radius 3 is 2.29 bits per heavy atom. The van der Waals surface area contributed by atoms with E-state index >= 15 is 0 Å². The van der Waals surface area contributed by atoms with Gasteiger partial charge in [-0.3, -0.25) is 9.59 Å². The topological polar surface area (TPSA) is 87.7 Å². The van der Waals surface area contributed by atoms with Crippen molar-refractivity contribution in [3.8, 4) is 0 Å². The van der Waals surface area contributed by atoms with E-state index in [9.17, 15) is 14.4 Å². The molecule has 0 radical (unpaired) electrons. The first-order chi connectivity index (χ1) is 19.6.